The molecule has 2 heterocycles. The van der Waals surface area contributed by atoms with E-state index in [0.29, 0.717) is 17.3 Å². The van der Waals surface area contributed by atoms with Crippen LogP contribution >= 0.6 is 0 Å². The summed E-state index contributed by atoms with van der Waals surface area (Å²) in [7, 11) is 0. The fourth-order valence-corrected chi connectivity index (χ4v) is 2.23. The molecule has 0 amide bonds. The first kappa shape index (κ1) is 14.8. The highest BCUT2D eigenvalue weighted by Gasteiger charge is 2.21. The van der Waals surface area contributed by atoms with Gasteiger partial charge in [-0.05, 0) is 33.8 Å². The SMILES string of the molecule is CCN(CC)c1nn(-c2nc(C)cc(C)n2)c(N)c1C#N. The van der Waals surface area contributed by atoms with Crippen molar-refractivity contribution in [1.82, 2.24) is 19.7 Å². The van der Waals surface area contributed by atoms with Crippen LogP contribution in [0.1, 0.15) is 30.8 Å². The third-order valence-electron chi connectivity index (χ3n) is 3.24. The Kier molecular flexibility index (Phi) is 4.08. The molecule has 2 aromatic rings. The molecule has 0 saturated carbocycles. The Hall–Kier alpha value is -2.62. The molecule has 0 bridgehead atoms. The fourth-order valence-electron chi connectivity index (χ4n) is 2.23. The van der Waals surface area contributed by atoms with E-state index in [1.54, 1.807) is 0 Å². The number of rotatable bonds is 4. The molecule has 0 fully saturated rings. The smallest absolute Gasteiger partial charge is 0.253 e. The number of aromatic nitrogens is 4. The lowest BCUT2D eigenvalue weighted by Crippen LogP contribution is -2.23. The summed E-state index contributed by atoms with van der Waals surface area (Å²) in [5.41, 5.74) is 8.09. The lowest BCUT2D eigenvalue weighted by molar-refractivity contribution is 0.772. The molecule has 0 aliphatic carbocycles. The third kappa shape index (κ3) is 2.65. The molecule has 0 radical (unpaired) electrons. The molecule has 0 aliphatic rings. The average molecular weight is 285 g/mol. The first-order valence-corrected chi connectivity index (χ1v) is 6.88. The van der Waals surface area contributed by atoms with E-state index in [-0.39, 0.29) is 5.82 Å². The maximum Gasteiger partial charge on any atom is 0.253 e. The maximum atomic E-state index is 9.36. The van der Waals surface area contributed by atoms with Crippen molar-refractivity contribution < 1.29 is 0 Å². The Morgan fingerprint density at radius 1 is 1.24 bits per heavy atom. The molecule has 0 saturated heterocycles. The molecule has 0 unspecified atom stereocenters. The summed E-state index contributed by atoms with van der Waals surface area (Å²) < 4.78 is 1.44. The first-order valence-electron chi connectivity index (χ1n) is 6.88. The summed E-state index contributed by atoms with van der Waals surface area (Å²) in [6, 6.07) is 4.00. The van der Waals surface area contributed by atoms with E-state index >= 15 is 0 Å². The van der Waals surface area contributed by atoms with Crippen molar-refractivity contribution in [2.24, 2.45) is 0 Å². The van der Waals surface area contributed by atoms with E-state index in [1.807, 2.05) is 38.7 Å². The van der Waals surface area contributed by atoms with Gasteiger partial charge in [-0.1, -0.05) is 0 Å². The van der Waals surface area contributed by atoms with Crippen molar-refractivity contribution in [1.29, 1.82) is 5.26 Å². The normalized spacial score (nSPS) is 10.4. The molecule has 2 N–H and O–H groups in total. The average Bonchev–Trinajstić information content (AvgIpc) is 2.76. The van der Waals surface area contributed by atoms with Crippen molar-refractivity contribution in [2.45, 2.75) is 27.7 Å². The standard InChI is InChI=1S/C14H19N7/c1-5-20(6-2)13-11(8-15)12(16)21(19-13)14-17-9(3)7-10(4)18-14/h7H,5-6,16H2,1-4H3. The van der Waals surface area contributed by atoms with E-state index in [2.05, 4.69) is 21.1 Å². The Balaban J connectivity index is 2.63. The van der Waals surface area contributed by atoms with Gasteiger partial charge in [0.2, 0.25) is 0 Å². The van der Waals surface area contributed by atoms with Crippen LogP contribution in [0.3, 0.4) is 0 Å². The van der Waals surface area contributed by atoms with E-state index in [9.17, 15) is 5.26 Å². The van der Waals surface area contributed by atoms with Crippen LogP contribution in [0.5, 0.6) is 0 Å². The summed E-state index contributed by atoms with van der Waals surface area (Å²) >= 11 is 0. The van der Waals surface area contributed by atoms with Crippen molar-refractivity contribution in [3.05, 3.63) is 23.0 Å². The fraction of sp³-hybridized carbons (Fsp3) is 0.429. The zero-order valence-corrected chi connectivity index (χ0v) is 12.8. The maximum absolute atomic E-state index is 9.36. The van der Waals surface area contributed by atoms with Gasteiger partial charge in [0.25, 0.3) is 5.95 Å². The lowest BCUT2D eigenvalue weighted by atomic mass is 10.3. The number of hydrogen-bond donors (Lipinski definition) is 1. The van der Waals surface area contributed by atoms with Gasteiger partial charge < -0.3 is 10.6 Å². The third-order valence-corrected chi connectivity index (χ3v) is 3.24. The van der Waals surface area contributed by atoms with Crippen molar-refractivity contribution in [2.75, 3.05) is 23.7 Å². The number of anilines is 2. The molecule has 0 atom stereocenters. The minimum atomic E-state index is 0.268. The Morgan fingerprint density at radius 3 is 2.29 bits per heavy atom. The highest BCUT2D eigenvalue weighted by Crippen LogP contribution is 2.26. The van der Waals surface area contributed by atoms with Gasteiger partial charge in [0.1, 0.15) is 11.6 Å². The molecule has 0 aromatic carbocycles. The predicted molar refractivity (Wildman–Crippen MR) is 81.3 cm³/mol. The van der Waals surface area contributed by atoms with Crippen molar-refractivity contribution >= 4 is 11.6 Å². The lowest BCUT2D eigenvalue weighted by Gasteiger charge is -2.17. The molecular formula is C14H19N7. The molecule has 7 nitrogen and oxygen atoms in total. The van der Waals surface area contributed by atoms with Gasteiger partial charge >= 0.3 is 0 Å². The Bertz CT molecular complexity index is 672. The van der Waals surface area contributed by atoms with E-state index in [1.165, 1.54) is 4.68 Å². The summed E-state index contributed by atoms with van der Waals surface area (Å²) in [5, 5.41) is 13.8. The number of nitrogens with zero attached hydrogens (tertiary/aromatic N) is 6. The van der Waals surface area contributed by atoms with E-state index < -0.39 is 0 Å². The molecule has 2 aromatic heterocycles. The summed E-state index contributed by atoms with van der Waals surface area (Å²) in [6.45, 7) is 9.27. The highest BCUT2D eigenvalue weighted by atomic mass is 15.4. The van der Waals surface area contributed by atoms with Crippen LogP contribution in [0.4, 0.5) is 11.6 Å². The monoisotopic (exact) mass is 285 g/mol. The molecule has 7 heteroatoms. The quantitative estimate of drug-likeness (QED) is 0.916. The van der Waals surface area contributed by atoms with Crippen molar-refractivity contribution in [3.8, 4) is 12.0 Å². The van der Waals surface area contributed by atoms with Gasteiger partial charge in [-0.2, -0.15) is 9.94 Å². The number of nitrogen functional groups attached to an aromatic ring is 1. The summed E-state index contributed by atoms with van der Waals surface area (Å²) in [5.74, 6) is 1.23. The van der Waals surface area contributed by atoms with Gasteiger partial charge in [0.15, 0.2) is 11.6 Å². The molecule has 0 spiro atoms. The van der Waals surface area contributed by atoms with Crippen LogP contribution in [0.25, 0.3) is 5.95 Å². The van der Waals surface area contributed by atoms with Crippen molar-refractivity contribution in [3.63, 3.8) is 0 Å². The van der Waals surface area contributed by atoms with Gasteiger partial charge in [0.05, 0.1) is 0 Å². The largest absolute Gasteiger partial charge is 0.382 e. The first-order chi connectivity index (χ1) is 10.0. The van der Waals surface area contributed by atoms with Crippen LogP contribution < -0.4 is 10.6 Å². The van der Waals surface area contributed by atoms with Crippen LogP contribution in [0.15, 0.2) is 6.07 Å². The molecule has 21 heavy (non-hydrogen) atoms. The molecule has 2 rings (SSSR count). The molecule has 0 aliphatic heterocycles. The zero-order valence-electron chi connectivity index (χ0n) is 12.8. The highest BCUT2D eigenvalue weighted by molar-refractivity contribution is 5.66. The van der Waals surface area contributed by atoms with Gasteiger partial charge in [-0.15, -0.1) is 5.10 Å². The number of hydrogen-bond acceptors (Lipinski definition) is 6. The van der Waals surface area contributed by atoms with Gasteiger partial charge in [0, 0.05) is 24.5 Å². The number of nitrogens with two attached hydrogens (primary N) is 1. The molecular weight excluding hydrogens is 266 g/mol. The van der Waals surface area contributed by atoms with E-state index in [0.717, 1.165) is 24.5 Å². The summed E-state index contributed by atoms with van der Waals surface area (Å²) in [4.78, 5) is 10.7. The van der Waals surface area contributed by atoms with Gasteiger partial charge in [-0.3, -0.25) is 0 Å². The Morgan fingerprint density at radius 2 is 1.81 bits per heavy atom. The van der Waals surface area contributed by atoms with Gasteiger partial charge in [-0.25, -0.2) is 9.97 Å². The number of nitriles is 1. The second kappa shape index (κ2) is 5.79. The minimum absolute atomic E-state index is 0.268. The van der Waals surface area contributed by atoms with Crippen LogP contribution in [0, 0.1) is 25.2 Å². The second-order valence-electron chi connectivity index (χ2n) is 4.73. The number of aryl methyl sites for hydroxylation is 2. The summed E-state index contributed by atoms with van der Waals surface area (Å²) in [6.07, 6.45) is 0. The zero-order chi connectivity index (χ0) is 15.6. The predicted octanol–water partition coefficient (Wildman–Crippen LogP) is 1.58. The van der Waals surface area contributed by atoms with Crippen LogP contribution in [-0.2, 0) is 0 Å². The van der Waals surface area contributed by atoms with Crippen LogP contribution in [-0.4, -0.2) is 32.8 Å². The molecule has 110 valence electrons. The van der Waals surface area contributed by atoms with E-state index in [4.69, 9.17) is 5.73 Å². The van der Waals surface area contributed by atoms with Crippen LogP contribution in [0.2, 0.25) is 0 Å². The topological polar surface area (TPSA) is 96.7 Å². The Labute approximate surface area is 124 Å². The second-order valence-corrected chi connectivity index (χ2v) is 4.73. The minimum Gasteiger partial charge on any atom is -0.382 e.